The topological polar surface area (TPSA) is 56.9 Å². The van der Waals surface area contributed by atoms with Crippen molar-refractivity contribution >= 4 is 5.96 Å². The van der Waals surface area contributed by atoms with Gasteiger partial charge in [-0.25, -0.2) is 10.8 Å². The van der Waals surface area contributed by atoms with Crippen LogP contribution in [-0.4, -0.2) is 53.5 Å². The van der Waals surface area contributed by atoms with Gasteiger partial charge < -0.3 is 4.90 Å². The predicted molar refractivity (Wildman–Crippen MR) is 82.4 cm³/mol. The van der Waals surface area contributed by atoms with Crippen LogP contribution in [0, 0.1) is 0 Å². The van der Waals surface area contributed by atoms with Crippen LogP contribution in [0.2, 0.25) is 0 Å². The Labute approximate surface area is 122 Å². The average Bonchev–Trinajstić information content (AvgIpc) is 2.97. The summed E-state index contributed by atoms with van der Waals surface area (Å²) in [7, 11) is 0. The van der Waals surface area contributed by atoms with Crippen molar-refractivity contribution in [2.75, 3.05) is 19.6 Å². The third kappa shape index (κ3) is 2.93. The van der Waals surface area contributed by atoms with E-state index in [4.69, 9.17) is 10.8 Å². The maximum absolute atomic E-state index is 5.78. The van der Waals surface area contributed by atoms with Gasteiger partial charge in [0.05, 0.1) is 6.04 Å². The van der Waals surface area contributed by atoms with Crippen molar-refractivity contribution < 1.29 is 0 Å². The van der Waals surface area contributed by atoms with Crippen LogP contribution in [0.5, 0.6) is 0 Å². The average molecular weight is 279 g/mol. The molecule has 2 heterocycles. The monoisotopic (exact) mass is 279 g/mol. The lowest BCUT2D eigenvalue weighted by atomic mass is 9.97. The van der Waals surface area contributed by atoms with E-state index in [1.165, 1.54) is 51.5 Å². The Kier molecular flexibility index (Phi) is 4.46. The summed E-state index contributed by atoms with van der Waals surface area (Å²) in [6.07, 6.45) is 9.14. The van der Waals surface area contributed by atoms with Crippen molar-refractivity contribution in [2.24, 2.45) is 10.8 Å². The molecule has 1 saturated carbocycles. The quantitative estimate of drug-likeness (QED) is 0.329. The van der Waals surface area contributed by atoms with Gasteiger partial charge in [0.1, 0.15) is 0 Å². The Hall–Kier alpha value is -0.810. The number of hydrogen-bond donors (Lipinski definition) is 2. The number of hydrazine groups is 1. The van der Waals surface area contributed by atoms with Crippen LogP contribution in [0.25, 0.3) is 0 Å². The number of piperazine rings is 1. The molecule has 0 radical (unpaired) electrons. The fourth-order valence-electron chi connectivity index (χ4n) is 4.05. The molecule has 5 nitrogen and oxygen atoms in total. The molecule has 3 fully saturated rings. The first-order chi connectivity index (χ1) is 9.78. The zero-order chi connectivity index (χ0) is 13.9. The highest BCUT2D eigenvalue weighted by molar-refractivity contribution is 5.80. The molecule has 20 heavy (non-hydrogen) atoms. The summed E-state index contributed by atoms with van der Waals surface area (Å²) < 4.78 is 0. The number of fused-ring (bicyclic) bond motifs is 1. The van der Waals surface area contributed by atoms with Gasteiger partial charge in [-0.2, -0.15) is 0 Å². The number of guanidine groups is 1. The lowest BCUT2D eigenvalue weighted by molar-refractivity contribution is 0.0483. The van der Waals surface area contributed by atoms with Crippen LogP contribution >= 0.6 is 0 Å². The molecule has 2 atom stereocenters. The molecule has 1 aliphatic carbocycles. The molecule has 3 aliphatic rings. The van der Waals surface area contributed by atoms with E-state index in [1.54, 1.807) is 0 Å². The second kappa shape index (κ2) is 6.31. The third-order valence-corrected chi connectivity index (χ3v) is 5.22. The van der Waals surface area contributed by atoms with E-state index in [-0.39, 0.29) is 0 Å². The van der Waals surface area contributed by atoms with Crippen LogP contribution in [0.3, 0.4) is 0 Å². The van der Waals surface area contributed by atoms with Gasteiger partial charge in [0.15, 0.2) is 0 Å². The third-order valence-electron chi connectivity index (χ3n) is 5.22. The summed E-state index contributed by atoms with van der Waals surface area (Å²) >= 11 is 0. The van der Waals surface area contributed by atoms with E-state index in [2.05, 4.69) is 22.1 Å². The zero-order valence-corrected chi connectivity index (χ0v) is 12.7. The zero-order valence-electron chi connectivity index (χ0n) is 12.7. The van der Waals surface area contributed by atoms with Crippen LogP contribution in [-0.2, 0) is 0 Å². The molecule has 0 amide bonds. The van der Waals surface area contributed by atoms with Crippen molar-refractivity contribution in [3.8, 4) is 0 Å². The minimum absolute atomic E-state index is 0.484. The first-order valence-electron chi connectivity index (χ1n) is 8.33. The Morgan fingerprint density at radius 2 is 1.85 bits per heavy atom. The molecule has 5 heteroatoms. The Morgan fingerprint density at radius 1 is 1.10 bits per heavy atom. The predicted octanol–water partition coefficient (Wildman–Crippen LogP) is 1.31. The van der Waals surface area contributed by atoms with Crippen molar-refractivity contribution in [3.05, 3.63) is 0 Å². The molecule has 0 aromatic heterocycles. The highest BCUT2D eigenvalue weighted by atomic mass is 15.4. The highest BCUT2D eigenvalue weighted by Crippen LogP contribution is 2.25. The maximum Gasteiger partial charge on any atom is 0.209 e. The fraction of sp³-hybridized carbons (Fsp3) is 0.933. The highest BCUT2D eigenvalue weighted by Gasteiger charge is 2.34. The van der Waals surface area contributed by atoms with Crippen molar-refractivity contribution in [3.63, 3.8) is 0 Å². The molecule has 3 N–H and O–H groups in total. The van der Waals surface area contributed by atoms with Crippen LogP contribution < -0.4 is 11.3 Å². The number of piperidine rings is 1. The summed E-state index contributed by atoms with van der Waals surface area (Å²) in [6.45, 7) is 5.80. The maximum atomic E-state index is 5.78. The smallest absolute Gasteiger partial charge is 0.209 e. The minimum atomic E-state index is 0.484. The molecule has 3 rings (SSSR count). The lowest BCUT2D eigenvalue weighted by Crippen LogP contribution is -2.62. The van der Waals surface area contributed by atoms with Crippen LogP contribution in [0.15, 0.2) is 4.99 Å². The van der Waals surface area contributed by atoms with E-state index in [1.807, 2.05) is 0 Å². The van der Waals surface area contributed by atoms with E-state index in [9.17, 15) is 0 Å². The van der Waals surface area contributed by atoms with Gasteiger partial charge >= 0.3 is 0 Å². The lowest BCUT2D eigenvalue weighted by Gasteiger charge is -2.48. The van der Waals surface area contributed by atoms with E-state index in [0.29, 0.717) is 18.1 Å². The van der Waals surface area contributed by atoms with E-state index in [0.717, 1.165) is 19.0 Å². The number of nitrogens with zero attached hydrogens (tertiary/aromatic N) is 3. The summed E-state index contributed by atoms with van der Waals surface area (Å²) in [5.41, 5.74) is 2.88. The number of nitrogens with one attached hydrogen (secondary N) is 1. The SMILES string of the molecule is CC1CN2CCCCC2CN1C(=NC1CCCC1)NN. The molecule has 0 bridgehead atoms. The number of aliphatic imine (C=N–C) groups is 1. The summed E-state index contributed by atoms with van der Waals surface area (Å²) in [6, 6.07) is 1.68. The number of hydrogen-bond acceptors (Lipinski definition) is 3. The van der Waals surface area contributed by atoms with Crippen LogP contribution in [0.4, 0.5) is 0 Å². The number of rotatable bonds is 1. The van der Waals surface area contributed by atoms with Crippen molar-refractivity contribution in [1.82, 2.24) is 15.2 Å². The Bertz CT molecular complexity index is 350. The second-order valence-corrected chi connectivity index (χ2v) is 6.68. The van der Waals surface area contributed by atoms with Gasteiger partial charge in [-0.05, 0) is 39.2 Å². The summed E-state index contributed by atoms with van der Waals surface area (Å²) in [5, 5.41) is 0. The van der Waals surface area contributed by atoms with Gasteiger partial charge in [-0.15, -0.1) is 0 Å². The Morgan fingerprint density at radius 3 is 2.60 bits per heavy atom. The fourth-order valence-corrected chi connectivity index (χ4v) is 4.05. The summed E-state index contributed by atoms with van der Waals surface area (Å²) in [4.78, 5) is 9.96. The van der Waals surface area contributed by atoms with Crippen molar-refractivity contribution in [1.29, 1.82) is 0 Å². The van der Waals surface area contributed by atoms with Gasteiger partial charge in [0.2, 0.25) is 5.96 Å². The van der Waals surface area contributed by atoms with Crippen LogP contribution in [0.1, 0.15) is 51.9 Å². The van der Waals surface area contributed by atoms with Gasteiger partial charge in [0.25, 0.3) is 0 Å². The molecule has 2 aliphatic heterocycles. The van der Waals surface area contributed by atoms with Gasteiger partial charge in [0, 0.05) is 25.2 Å². The molecular formula is C15H29N5. The second-order valence-electron chi connectivity index (χ2n) is 6.68. The first kappa shape index (κ1) is 14.1. The molecular weight excluding hydrogens is 250 g/mol. The molecule has 2 saturated heterocycles. The Balaban J connectivity index is 1.70. The first-order valence-corrected chi connectivity index (χ1v) is 8.33. The van der Waals surface area contributed by atoms with Crippen molar-refractivity contribution in [2.45, 2.75) is 70.0 Å². The molecule has 2 unspecified atom stereocenters. The molecule has 0 aromatic rings. The molecule has 0 aromatic carbocycles. The summed E-state index contributed by atoms with van der Waals surface area (Å²) in [5.74, 6) is 6.70. The van der Waals surface area contributed by atoms with E-state index >= 15 is 0 Å². The standard InChI is InChI=1S/C15H29N5/c1-12-10-19-9-5-4-8-14(19)11-20(12)15(18-16)17-13-6-2-3-7-13/h12-14H,2-11,16H2,1H3,(H,17,18). The largest absolute Gasteiger partial charge is 0.336 e. The van der Waals surface area contributed by atoms with E-state index < -0.39 is 0 Å². The number of nitrogens with two attached hydrogens (primary N) is 1. The molecule has 114 valence electrons. The normalized spacial score (nSPS) is 33.3. The van der Waals surface area contributed by atoms with Gasteiger partial charge in [-0.3, -0.25) is 10.3 Å². The molecule has 0 spiro atoms. The minimum Gasteiger partial charge on any atom is -0.336 e. The van der Waals surface area contributed by atoms with Gasteiger partial charge in [-0.1, -0.05) is 19.3 Å².